The first-order valence-corrected chi connectivity index (χ1v) is 5.78. The Hall–Kier alpha value is -2.74. The molecule has 20 heavy (non-hydrogen) atoms. The van der Waals surface area contributed by atoms with Gasteiger partial charge in [-0.3, -0.25) is 4.79 Å². The summed E-state index contributed by atoms with van der Waals surface area (Å²) in [7, 11) is 0. The third kappa shape index (κ3) is 2.81. The first-order chi connectivity index (χ1) is 9.51. The summed E-state index contributed by atoms with van der Waals surface area (Å²) in [4.78, 5) is 12.1. The van der Waals surface area contributed by atoms with E-state index in [1.807, 2.05) is 0 Å². The molecule has 1 N–H and O–H groups in total. The molecule has 0 bridgehead atoms. The normalized spacial score (nSPS) is 9.90. The van der Waals surface area contributed by atoms with Crippen molar-refractivity contribution in [3.63, 3.8) is 0 Å². The zero-order chi connectivity index (χ0) is 14.7. The first-order valence-electron chi connectivity index (χ1n) is 5.78. The summed E-state index contributed by atoms with van der Waals surface area (Å²) in [6.07, 6.45) is 0. The molecule has 0 heterocycles. The van der Waals surface area contributed by atoms with E-state index in [1.54, 1.807) is 13.0 Å². The molecule has 0 saturated carbocycles. The van der Waals surface area contributed by atoms with Crippen molar-refractivity contribution in [1.29, 1.82) is 5.26 Å². The number of hydrogen-bond donors (Lipinski definition) is 1. The molecule has 0 aromatic heterocycles. The van der Waals surface area contributed by atoms with Crippen molar-refractivity contribution in [3.8, 4) is 6.07 Å². The largest absolute Gasteiger partial charge is 0.321 e. The van der Waals surface area contributed by atoms with Crippen LogP contribution in [0, 0.1) is 29.9 Å². The molecule has 0 aliphatic rings. The minimum absolute atomic E-state index is 0.00686. The average Bonchev–Trinajstić information content (AvgIpc) is 2.43. The Bertz CT molecular complexity index is 720. The molecule has 2 rings (SSSR count). The molecule has 0 aliphatic heterocycles. The van der Waals surface area contributed by atoms with Gasteiger partial charge in [-0.25, -0.2) is 8.78 Å². The second-order valence-electron chi connectivity index (χ2n) is 4.22. The highest BCUT2D eigenvalue weighted by Crippen LogP contribution is 2.18. The smallest absolute Gasteiger partial charge is 0.256 e. The van der Waals surface area contributed by atoms with E-state index in [0.717, 1.165) is 18.2 Å². The van der Waals surface area contributed by atoms with Gasteiger partial charge in [-0.1, -0.05) is 6.07 Å². The lowest BCUT2D eigenvalue weighted by Gasteiger charge is -2.09. The number of rotatable bonds is 2. The number of amides is 1. The quantitative estimate of drug-likeness (QED) is 0.911. The third-order valence-corrected chi connectivity index (χ3v) is 2.79. The molecule has 0 spiro atoms. The first kappa shape index (κ1) is 13.7. The summed E-state index contributed by atoms with van der Waals surface area (Å²) >= 11 is 0. The molecular weight excluding hydrogens is 262 g/mol. The molecular formula is C15H10F2N2O. The maximum atomic E-state index is 13.2. The maximum absolute atomic E-state index is 13.2. The van der Waals surface area contributed by atoms with Gasteiger partial charge >= 0.3 is 0 Å². The summed E-state index contributed by atoms with van der Waals surface area (Å²) in [6, 6.07) is 9.09. The SMILES string of the molecule is Cc1ccc(F)cc1C(=O)Nc1ccc(F)cc1C#N. The van der Waals surface area contributed by atoms with Gasteiger partial charge in [0.1, 0.15) is 17.7 Å². The van der Waals surface area contributed by atoms with Crippen molar-refractivity contribution >= 4 is 11.6 Å². The van der Waals surface area contributed by atoms with E-state index < -0.39 is 17.5 Å². The van der Waals surface area contributed by atoms with E-state index in [0.29, 0.717) is 5.56 Å². The van der Waals surface area contributed by atoms with Crippen LogP contribution in [-0.4, -0.2) is 5.91 Å². The zero-order valence-electron chi connectivity index (χ0n) is 10.6. The monoisotopic (exact) mass is 272 g/mol. The minimum Gasteiger partial charge on any atom is -0.321 e. The number of carbonyl (C=O) groups is 1. The fourth-order valence-corrected chi connectivity index (χ4v) is 1.75. The Kier molecular flexibility index (Phi) is 3.76. The third-order valence-electron chi connectivity index (χ3n) is 2.79. The van der Waals surface area contributed by atoms with Gasteiger partial charge in [0.2, 0.25) is 0 Å². The van der Waals surface area contributed by atoms with Gasteiger partial charge in [0.05, 0.1) is 11.3 Å². The van der Waals surface area contributed by atoms with Crippen molar-refractivity contribution < 1.29 is 13.6 Å². The van der Waals surface area contributed by atoms with E-state index in [2.05, 4.69) is 5.32 Å². The molecule has 0 fully saturated rings. The number of nitriles is 1. The number of carbonyl (C=O) groups excluding carboxylic acids is 1. The molecule has 100 valence electrons. The van der Waals surface area contributed by atoms with Crippen LogP contribution in [0.3, 0.4) is 0 Å². The van der Waals surface area contributed by atoms with Gasteiger partial charge in [0, 0.05) is 5.56 Å². The van der Waals surface area contributed by atoms with E-state index in [1.165, 1.54) is 18.2 Å². The number of anilines is 1. The van der Waals surface area contributed by atoms with E-state index in [9.17, 15) is 13.6 Å². The lowest BCUT2D eigenvalue weighted by molar-refractivity contribution is 0.102. The van der Waals surface area contributed by atoms with Crippen LogP contribution >= 0.6 is 0 Å². The Morgan fingerprint density at radius 2 is 1.80 bits per heavy atom. The Morgan fingerprint density at radius 1 is 1.15 bits per heavy atom. The highest BCUT2D eigenvalue weighted by molar-refractivity contribution is 6.05. The van der Waals surface area contributed by atoms with E-state index >= 15 is 0 Å². The zero-order valence-corrected chi connectivity index (χ0v) is 10.6. The highest BCUT2D eigenvalue weighted by atomic mass is 19.1. The van der Waals surface area contributed by atoms with Gasteiger partial charge in [-0.15, -0.1) is 0 Å². The minimum atomic E-state index is -0.568. The number of nitrogens with one attached hydrogen (secondary N) is 1. The molecule has 1 amide bonds. The summed E-state index contributed by atoms with van der Waals surface area (Å²) in [5.41, 5.74) is 0.956. The van der Waals surface area contributed by atoms with Gasteiger partial charge < -0.3 is 5.32 Å². The molecule has 2 aromatic carbocycles. The summed E-state index contributed by atoms with van der Waals surface area (Å²) in [5, 5.41) is 11.4. The topological polar surface area (TPSA) is 52.9 Å². The number of hydrogen-bond acceptors (Lipinski definition) is 2. The molecule has 0 saturated heterocycles. The van der Waals surface area contributed by atoms with E-state index in [4.69, 9.17) is 5.26 Å². The van der Waals surface area contributed by atoms with Crippen LogP contribution in [0.4, 0.5) is 14.5 Å². The maximum Gasteiger partial charge on any atom is 0.256 e. The van der Waals surface area contributed by atoms with Gasteiger partial charge in [-0.05, 0) is 42.8 Å². The predicted octanol–water partition coefficient (Wildman–Crippen LogP) is 3.40. The highest BCUT2D eigenvalue weighted by Gasteiger charge is 2.13. The lowest BCUT2D eigenvalue weighted by Crippen LogP contribution is -2.14. The molecule has 5 heteroatoms. The van der Waals surface area contributed by atoms with E-state index in [-0.39, 0.29) is 16.8 Å². The van der Waals surface area contributed by atoms with Crippen LogP contribution in [-0.2, 0) is 0 Å². The second kappa shape index (κ2) is 5.49. The van der Waals surface area contributed by atoms with Crippen LogP contribution in [0.15, 0.2) is 36.4 Å². The number of benzene rings is 2. The lowest BCUT2D eigenvalue weighted by atomic mass is 10.1. The van der Waals surface area contributed by atoms with Gasteiger partial charge in [-0.2, -0.15) is 5.26 Å². The molecule has 3 nitrogen and oxygen atoms in total. The average molecular weight is 272 g/mol. The fraction of sp³-hybridized carbons (Fsp3) is 0.0667. The number of aryl methyl sites for hydroxylation is 1. The fourth-order valence-electron chi connectivity index (χ4n) is 1.75. The predicted molar refractivity (Wildman–Crippen MR) is 70.2 cm³/mol. The summed E-state index contributed by atoms with van der Waals surface area (Å²) in [5.74, 6) is -1.65. The van der Waals surface area contributed by atoms with Crippen LogP contribution in [0.2, 0.25) is 0 Å². The summed E-state index contributed by atoms with van der Waals surface area (Å²) in [6.45, 7) is 1.67. The van der Waals surface area contributed by atoms with Crippen LogP contribution in [0.5, 0.6) is 0 Å². The standard InChI is InChI=1S/C15H10F2N2O/c1-9-2-3-12(17)7-13(9)15(20)19-14-5-4-11(16)6-10(14)8-18/h2-7H,1H3,(H,19,20). The Morgan fingerprint density at radius 3 is 2.50 bits per heavy atom. The van der Waals surface area contributed by atoms with Crippen LogP contribution < -0.4 is 5.32 Å². The van der Waals surface area contributed by atoms with Gasteiger partial charge in [0.25, 0.3) is 5.91 Å². The molecule has 0 unspecified atom stereocenters. The summed E-state index contributed by atoms with van der Waals surface area (Å²) < 4.78 is 26.2. The van der Waals surface area contributed by atoms with Gasteiger partial charge in [0.15, 0.2) is 0 Å². The Balaban J connectivity index is 2.33. The van der Waals surface area contributed by atoms with Crippen LogP contribution in [0.1, 0.15) is 21.5 Å². The molecule has 2 aromatic rings. The van der Waals surface area contributed by atoms with Crippen molar-refractivity contribution in [2.75, 3.05) is 5.32 Å². The number of nitrogens with zero attached hydrogens (tertiary/aromatic N) is 1. The second-order valence-corrected chi connectivity index (χ2v) is 4.22. The van der Waals surface area contributed by atoms with Crippen molar-refractivity contribution in [2.45, 2.75) is 6.92 Å². The Labute approximate surface area is 114 Å². The molecule has 0 aliphatic carbocycles. The van der Waals surface area contributed by atoms with Crippen LogP contribution in [0.25, 0.3) is 0 Å². The number of halogens is 2. The van der Waals surface area contributed by atoms with Crippen molar-refractivity contribution in [2.24, 2.45) is 0 Å². The van der Waals surface area contributed by atoms with Crippen molar-refractivity contribution in [3.05, 3.63) is 64.7 Å². The molecule has 0 atom stereocenters. The molecule has 0 radical (unpaired) electrons. The van der Waals surface area contributed by atoms with Crippen molar-refractivity contribution in [1.82, 2.24) is 0 Å².